The van der Waals surface area contributed by atoms with Crippen LogP contribution in [0.4, 0.5) is 0 Å². The molecule has 2 N–H and O–H groups in total. The van der Waals surface area contributed by atoms with Crippen molar-refractivity contribution in [1.82, 2.24) is 5.32 Å². The number of aldehydes is 1. The van der Waals surface area contributed by atoms with E-state index in [1.54, 1.807) is 0 Å². The maximum absolute atomic E-state index is 10.0. The van der Waals surface area contributed by atoms with Gasteiger partial charge in [0.1, 0.15) is 6.29 Å². The van der Waals surface area contributed by atoms with Crippen molar-refractivity contribution < 1.29 is 14.7 Å². The van der Waals surface area contributed by atoms with E-state index in [1.165, 1.54) is 38.5 Å². The maximum atomic E-state index is 10.0. The van der Waals surface area contributed by atoms with Gasteiger partial charge in [0.05, 0.1) is 0 Å². The second-order valence-corrected chi connectivity index (χ2v) is 5.17. The summed E-state index contributed by atoms with van der Waals surface area (Å²) in [7, 11) is 0. The second-order valence-electron chi connectivity index (χ2n) is 5.17. The predicted octanol–water partition coefficient (Wildman–Crippen LogP) is 3.25. The zero-order valence-electron chi connectivity index (χ0n) is 12.8. The molecule has 0 atom stereocenters. The van der Waals surface area contributed by atoms with Crippen molar-refractivity contribution in [1.29, 1.82) is 0 Å². The fourth-order valence-corrected chi connectivity index (χ4v) is 1.62. The molecule has 0 aromatic heterocycles. The highest BCUT2D eigenvalue weighted by Crippen LogP contribution is 2.09. The molecule has 19 heavy (non-hydrogen) atoms. The third-order valence-corrected chi connectivity index (χ3v) is 2.57. The van der Waals surface area contributed by atoms with Crippen molar-refractivity contribution in [3.8, 4) is 0 Å². The van der Waals surface area contributed by atoms with Crippen LogP contribution in [0.15, 0.2) is 0 Å². The highest BCUT2D eigenvalue weighted by atomic mass is 16.4. The molecule has 0 aromatic rings. The number of carboxylic acids is 1. The molecular weight excluding hydrogens is 242 g/mol. The average molecular weight is 273 g/mol. The monoisotopic (exact) mass is 273 g/mol. The molecule has 0 saturated carbocycles. The lowest BCUT2D eigenvalue weighted by molar-refractivity contribution is -0.134. The third-order valence-electron chi connectivity index (χ3n) is 2.57. The molecule has 0 spiro atoms. The van der Waals surface area contributed by atoms with Crippen LogP contribution in [0.25, 0.3) is 0 Å². The number of hydrogen-bond donors (Lipinski definition) is 2. The highest BCUT2D eigenvalue weighted by Gasteiger charge is 1.94. The smallest absolute Gasteiger partial charge is 0.300 e. The second kappa shape index (κ2) is 17.1. The van der Waals surface area contributed by atoms with Crippen LogP contribution >= 0.6 is 0 Å². The summed E-state index contributed by atoms with van der Waals surface area (Å²) in [6.45, 7) is 7.57. The Bertz CT molecular complexity index is 202. The fraction of sp³-hybridized carbons (Fsp3) is 0.867. The van der Waals surface area contributed by atoms with Crippen LogP contribution < -0.4 is 5.32 Å². The first-order chi connectivity index (χ1) is 9.00. The summed E-state index contributed by atoms with van der Waals surface area (Å²) >= 11 is 0. The first-order valence-electron chi connectivity index (χ1n) is 7.34. The Hall–Kier alpha value is -0.900. The van der Waals surface area contributed by atoms with E-state index < -0.39 is 5.97 Å². The van der Waals surface area contributed by atoms with Crippen LogP contribution in [0.5, 0.6) is 0 Å². The molecule has 4 heteroatoms. The van der Waals surface area contributed by atoms with E-state index in [2.05, 4.69) is 19.2 Å². The summed E-state index contributed by atoms with van der Waals surface area (Å²) < 4.78 is 0. The van der Waals surface area contributed by atoms with Crippen LogP contribution in [0.3, 0.4) is 0 Å². The van der Waals surface area contributed by atoms with Gasteiger partial charge >= 0.3 is 0 Å². The Kier molecular flexibility index (Phi) is 18.4. The largest absolute Gasteiger partial charge is 0.481 e. The van der Waals surface area contributed by atoms with Crippen LogP contribution in [0, 0.1) is 5.92 Å². The van der Waals surface area contributed by atoms with Gasteiger partial charge in [-0.25, -0.2) is 0 Å². The summed E-state index contributed by atoms with van der Waals surface area (Å²) in [6, 6.07) is 0. The van der Waals surface area contributed by atoms with Crippen molar-refractivity contribution in [3.63, 3.8) is 0 Å². The van der Waals surface area contributed by atoms with Gasteiger partial charge in [0.2, 0.25) is 0 Å². The van der Waals surface area contributed by atoms with Gasteiger partial charge in [-0.2, -0.15) is 0 Å². The van der Waals surface area contributed by atoms with Crippen LogP contribution in [0.2, 0.25) is 0 Å². The molecule has 0 amide bonds. The summed E-state index contributed by atoms with van der Waals surface area (Å²) in [5.41, 5.74) is 0. The minimum Gasteiger partial charge on any atom is -0.481 e. The Morgan fingerprint density at radius 3 is 2.16 bits per heavy atom. The van der Waals surface area contributed by atoms with Crippen molar-refractivity contribution in [3.05, 3.63) is 0 Å². The van der Waals surface area contributed by atoms with Crippen LogP contribution in [0.1, 0.15) is 65.7 Å². The average Bonchev–Trinajstić information content (AvgIpc) is 2.30. The van der Waals surface area contributed by atoms with E-state index in [1.807, 2.05) is 0 Å². The standard InChI is InChI=1S/C13H27NO.C2H4O2/c1-13(2)9-6-4-3-5-7-10-14-11-8-12-15;1-2(3)4/h12-14H,3-11H2,1-2H3;1H3,(H,3,4). The molecule has 0 aliphatic carbocycles. The van der Waals surface area contributed by atoms with Gasteiger partial charge in [0.25, 0.3) is 5.97 Å². The van der Waals surface area contributed by atoms with E-state index in [9.17, 15) is 4.79 Å². The summed E-state index contributed by atoms with van der Waals surface area (Å²) in [5.74, 6) is 0.0232. The predicted molar refractivity (Wildman–Crippen MR) is 79.4 cm³/mol. The molecule has 0 aliphatic heterocycles. The molecule has 0 aliphatic rings. The lowest BCUT2D eigenvalue weighted by atomic mass is 10.0. The number of carboxylic acid groups (broad SMARTS) is 1. The summed E-state index contributed by atoms with van der Waals surface area (Å²) in [5, 5.41) is 10.7. The van der Waals surface area contributed by atoms with Crippen LogP contribution in [-0.2, 0) is 9.59 Å². The fourth-order valence-electron chi connectivity index (χ4n) is 1.62. The topological polar surface area (TPSA) is 66.4 Å². The maximum Gasteiger partial charge on any atom is 0.300 e. The third kappa shape index (κ3) is 31.6. The van der Waals surface area contributed by atoms with Crippen LogP contribution in [-0.4, -0.2) is 30.5 Å². The van der Waals surface area contributed by atoms with E-state index in [0.717, 1.165) is 32.2 Å². The van der Waals surface area contributed by atoms with Gasteiger partial charge in [0, 0.05) is 19.9 Å². The zero-order valence-corrected chi connectivity index (χ0v) is 12.8. The molecular formula is C15H31NO3. The van der Waals surface area contributed by atoms with E-state index in [4.69, 9.17) is 9.90 Å². The number of nitrogens with one attached hydrogen (secondary N) is 1. The number of carbonyl (C=O) groups excluding carboxylic acids is 1. The Morgan fingerprint density at radius 2 is 1.63 bits per heavy atom. The number of unbranched alkanes of at least 4 members (excludes halogenated alkanes) is 4. The van der Waals surface area contributed by atoms with Gasteiger partial charge in [-0.1, -0.05) is 46.0 Å². The van der Waals surface area contributed by atoms with Crippen molar-refractivity contribution in [2.45, 2.75) is 65.7 Å². The van der Waals surface area contributed by atoms with Gasteiger partial charge in [-0.3, -0.25) is 4.79 Å². The van der Waals surface area contributed by atoms with E-state index in [-0.39, 0.29) is 0 Å². The summed E-state index contributed by atoms with van der Waals surface area (Å²) in [4.78, 5) is 19.0. The van der Waals surface area contributed by atoms with E-state index >= 15 is 0 Å². The van der Waals surface area contributed by atoms with Crippen molar-refractivity contribution >= 4 is 12.3 Å². The number of carbonyl (C=O) groups is 2. The molecule has 4 nitrogen and oxygen atoms in total. The molecule has 0 heterocycles. The highest BCUT2D eigenvalue weighted by molar-refractivity contribution is 5.62. The lowest BCUT2D eigenvalue weighted by Gasteiger charge is -2.04. The first kappa shape index (κ1) is 20.4. The Labute approximate surface area is 118 Å². The first-order valence-corrected chi connectivity index (χ1v) is 7.34. The minimum atomic E-state index is -0.833. The van der Waals surface area contributed by atoms with Crippen molar-refractivity contribution in [2.24, 2.45) is 5.92 Å². The minimum absolute atomic E-state index is 0.647. The van der Waals surface area contributed by atoms with Gasteiger partial charge < -0.3 is 15.2 Å². The molecule has 0 fully saturated rings. The Balaban J connectivity index is 0. The number of hydrogen-bond acceptors (Lipinski definition) is 3. The lowest BCUT2D eigenvalue weighted by Crippen LogP contribution is -2.16. The van der Waals surface area contributed by atoms with Crippen molar-refractivity contribution in [2.75, 3.05) is 13.1 Å². The molecule has 0 unspecified atom stereocenters. The quantitative estimate of drug-likeness (QED) is 0.448. The molecule has 0 aromatic carbocycles. The zero-order chi connectivity index (χ0) is 14.9. The molecule has 0 bridgehead atoms. The number of aliphatic carboxylic acids is 1. The SMILES string of the molecule is CC(=O)O.CC(C)CCCCCCCNCCC=O. The van der Waals surface area contributed by atoms with E-state index in [0.29, 0.717) is 6.42 Å². The molecule has 0 rings (SSSR count). The number of rotatable bonds is 11. The molecule has 114 valence electrons. The molecule has 0 radical (unpaired) electrons. The van der Waals surface area contributed by atoms with Gasteiger partial charge in [0.15, 0.2) is 0 Å². The normalized spacial score (nSPS) is 9.89. The summed E-state index contributed by atoms with van der Waals surface area (Å²) in [6.07, 6.45) is 9.70. The van der Waals surface area contributed by atoms with Gasteiger partial charge in [-0.15, -0.1) is 0 Å². The molecule has 0 saturated heterocycles. The van der Waals surface area contributed by atoms with Gasteiger partial charge in [-0.05, 0) is 18.9 Å². The Morgan fingerprint density at radius 1 is 1.11 bits per heavy atom.